The van der Waals surface area contributed by atoms with E-state index in [9.17, 15) is 19.5 Å². The van der Waals surface area contributed by atoms with Crippen LogP contribution in [0.2, 0.25) is 5.02 Å². The van der Waals surface area contributed by atoms with Crippen molar-refractivity contribution in [1.82, 2.24) is 10.2 Å². The van der Waals surface area contributed by atoms with Crippen LogP contribution in [0.5, 0.6) is 5.75 Å². The predicted molar refractivity (Wildman–Crippen MR) is 175 cm³/mol. The van der Waals surface area contributed by atoms with E-state index >= 15 is 0 Å². The molecule has 0 fully saturated rings. The minimum absolute atomic E-state index is 0.0782. The summed E-state index contributed by atoms with van der Waals surface area (Å²) in [5, 5.41) is 15.9. The highest BCUT2D eigenvalue weighted by Gasteiger charge is 2.42. The van der Waals surface area contributed by atoms with E-state index in [1.54, 1.807) is 45.0 Å². The van der Waals surface area contributed by atoms with Crippen LogP contribution >= 0.6 is 11.6 Å². The van der Waals surface area contributed by atoms with Crippen molar-refractivity contribution < 1.29 is 24.2 Å². The van der Waals surface area contributed by atoms with E-state index in [0.717, 1.165) is 16.7 Å². The average molecular weight is 622 g/mol. The number of amides is 3. The summed E-state index contributed by atoms with van der Waals surface area (Å²) in [6.45, 7) is 16.5. The first-order valence-electron chi connectivity index (χ1n) is 14.6. The van der Waals surface area contributed by atoms with Crippen molar-refractivity contribution in [3.05, 3.63) is 93.5 Å². The number of hydrogen-bond acceptors (Lipinski definition) is 5. The Morgan fingerprint density at radius 1 is 0.909 bits per heavy atom. The van der Waals surface area contributed by atoms with Crippen LogP contribution in [0.15, 0.2) is 60.7 Å². The molecule has 0 saturated carbocycles. The minimum atomic E-state index is -1.10. The van der Waals surface area contributed by atoms with Crippen LogP contribution in [0.3, 0.4) is 0 Å². The molecule has 0 aliphatic rings. The molecule has 2 unspecified atom stereocenters. The number of nitrogens with zero attached hydrogens (tertiary/aromatic N) is 1. The van der Waals surface area contributed by atoms with E-state index in [4.69, 9.17) is 16.3 Å². The second kappa shape index (κ2) is 13.7. The van der Waals surface area contributed by atoms with E-state index in [0.29, 0.717) is 21.8 Å². The zero-order valence-electron chi connectivity index (χ0n) is 27.0. The summed E-state index contributed by atoms with van der Waals surface area (Å²) in [6.07, 6.45) is -0.669. The molecule has 0 spiro atoms. The maximum Gasteiger partial charge on any atom is 0.408 e. The van der Waals surface area contributed by atoms with Gasteiger partial charge in [0.05, 0.1) is 10.7 Å². The summed E-state index contributed by atoms with van der Waals surface area (Å²) < 4.78 is 5.52. The van der Waals surface area contributed by atoms with Crippen molar-refractivity contribution in [2.24, 2.45) is 0 Å². The van der Waals surface area contributed by atoms with Gasteiger partial charge >= 0.3 is 6.09 Å². The Morgan fingerprint density at radius 2 is 1.50 bits per heavy atom. The number of phenolic OH excluding ortho intramolecular Hbond substituents is 1. The van der Waals surface area contributed by atoms with Gasteiger partial charge in [0.15, 0.2) is 0 Å². The Kier molecular flexibility index (Phi) is 10.7. The largest absolute Gasteiger partial charge is 0.508 e. The SMILES string of the molecule is Cc1cc(C)cc(C(C(=O)Nc2c(C)cccc2Cl)N(C(=O)C(Cc2ccc(O)cc2)NC(=O)OC(C)(C)C)C(C)(C)C)c1. The van der Waals surface area contributed by atoms with Crippen molar-refractivity contribution in [2.45, 2.75) is 92.0 Å². The van der Waals surface area contributed by atoms with E-state index < -0.39 is 41.1 Å². The molecule has 0 radical (unpaired) electrons. The summed E-state index contributed by atoms with van der Waals surface area (Å²) in [7, 11) is 0. The quantitative estimate of drug-likeness (QED) is 0.243. The van der Waals surface area contributed by atoms with Gasteiger partial charge in [-0.15, -0.1) is 0 Å². The highest BCUT2D eigenvalue weighted by Crippen LogP contribution is 2.34. The number of rotatable bonds is 8. The second-order valence-electron chi connectivity index (χ2n) is 13.2. The number of alkyl carbamates (subject to hydrolysis) is 1. The third-order valence-corrected chi connectivity index (χ3v) is 7.18. The first-order valence-corrected chi connectivity index (χ1v) is 15.0. The van der Waals surface area contributed by atoms with E-state index in [1.165, 1.54) is 17.0 Å². The van der Waals surface area contributed by atoms with Gasteiger partial charge in [-0.2, -0.15) is 0 Å². The number of aromatic hydroxyl groups is 1. The van der Waals surface area contributed by atoms with Crippen LogP contribution in [-0.4, -0.2) is 45.1 Å². The molecular formula is C35H44ClN3O5. The molecule has 2 atom stereocenters. The lowest BCUT2D eigenvalue weighted by molar-refractivity contribution is -0.146. The number of phenols is 1. The number of hydrogen-bond donors (Lipinski definition) is 3. The zero-order chi connectivity index (χ0) is 33.0. The maximum absolute atomic E-state index is 14.7. The molecule has 0 saturated heterocycles. The molecule has 0 heterocycles. The fourth-order valence-electron chi connectivity index (χ4n) is 5.10. The van der Waals surface area contributed by atoms with Gasteiger partial charge in [-0.1, -0.05) is 65.2 Å². The van der Waals surface area contributed by atoms with E-state index in [-0.39, 0.29) is 12.2 Å². The lowest BCUT2D eigenvalue weighted by Crippen LogP contribution is -2.58. The number of ether oxygens (including phenoxy) is 1. The fourth-order valence-corrected chi connectivity index (χ4v) is 5.37. The molecule has 3 aromatic carbocycles. The number of carbonyl (C=O) groups is 3. The molecule has 0 aliphatic carbocycles. The van der Waals surface area contributed by atoms with E-state index in [1.807, 2.05) is 65.8 Å². The number of carbonyl (C=O) groups excluding carboxylic acids is 3. The van der Waals surface area contributed by atoms with Gasteiger partial charge in [0.2, 0.25) is 5.91 Å². The predicted octanol–water partition coefficient (Wildman–Crippen LogP) is 7.41. The standard InChI is InChI=1S/C35H44ClN3O5/c1-21-17-22(2)19-25(18-21)30(31(41)38-29-23(3)11-10-12-27(29)36)39(34(4,5)6)32(42)28(37-33(43)44-35(7,8)9)20-24-13-15-26(40)16-14-24/h10-19,28,30,40H,20H2,1-9H3,(H,37,43)(H,38,41). The summed E-state index contributed by atoms with van der Waals surface area (Å²) in [5.41, 5.74) is 2.74. The van der Waals surface area contributed by atoms with Gasteiger partial charge in [0.1, 0.15) is 23.4 Å². The second-order valence-corrected chi connectivity index (χ2v) is 13.6. The molecule has 0 aromatic heterocycles. The van der Waals surface area contributed by atoms with Crippen LogP contribution in [-0.2, 0) is 20.7 Å². The smallest absolute Gasteiger partial charge is 0.408 e. The Bertz CT molecular complexity index is 1470. The Morgan fingerprint density at radius 3 is 2.02 bits per heavy atom. The molecule has 3 rings (SSSR count). The van der Waals surface area contributed by atoms with Gasteiger partial charge < -0.3 is 25.4 Å². The summed E-state index contributed by atoms with van der Waals surface area (Å²) in [5.74, 6) is -0.851. The number of nitrogens with one attached hydrogen (secondary N) is 2. The topological polar surface area (TPSA) is 108 Å². The van der Waals surface area contributed by atoms with Crippen molar-refractivity contribution in [3.8, 4) is 5.75 Å². The minimum Gasteiger partial charge on any atom is -0.508 e. The van der Waals surface area contributed by atoms with Crippen LogP contribution in [0, 0.1) is 20.8 Å². The van der Waals surface area contributed by atoms with Gasteiger partial charge in [0.25, 0.3) is 5.91 Å². The molecule has 9 heteroatoms. The normalized spacial score (nSPS) is 13.0. The van der Waals surface area contributed by atoms with Gasteiger partial charge in [-0.25, -0.2) is 4.79 Å². The van der Waals surface area contributed by atoms with Gasteiger partial charge in [-0.3, -0.25) is 9.59 Å². The van der Waals surface area contributed by atoms with E-state index in [2.05, 4.69) is 10.6 Å². The molecular weight excluding hydrogens is 578 g/mol. The first-order chi connectivity index (χ1) is 20.4. The molecule has 8 nitrogen and oxygen atoms in total. The Hall–Kier alpha value is -4.04. The number of halogens is 1. The molecule has 236 valence electrons. The fraction of sp³-hybridized carbons (Fsp3) is 0.400. The third-order valence-electron chi connectivity index (χ3n) is 6.86. The Labute approximate surface area is 265 Å². The van der Waals surface area contributed by atoms with Crippen molar-refractivity contribution >= 4 is 35.2 Å². The molecule has 3 N–H and O–H groups in total. The summed E-state index contributed by atoms with van der Waals surface area (Å²) in [4.78, 5) is 43.6. The molecule has 3 amide bonds. The lowest BCUT2D eigenvalue weighted by atomic mass is 9.92. The van der Waals surface area contributed by atoms with Crippen LogP contribution in [0.25, 0.3) is 0 Å². The van der Waals surface area contributed by atoms with Crippen molar-refractivity contribution in [2.75, 3.05) is 5.32 Å². The van der Waals surface area contributed by atoms with Crippen LogP contribution < -0.4 is 10.6 Å². The number of aryl methyl sites for hydroxylation is 3. The number of benzene rings is 3. The average Bonchev–Trinajstić information content (AvgIpc) is 2.87. The zero-order valence-corrected chi connectivity index (χ0v) is 27.8. The highest BCUT2D eigenvalue weighted by atomic mass is 35.5. The van der Waals surface area contributed by atoms with Crippen molar-refractivity contribution in [1.29, 1.82) is 0 Å². The molecule has 3 aromatic rings. The number of anilines is 1. The van der Waals surface area contributed by atoms with Crippen LogP contribution in [0.4, 0.5) is 10.5 Å². The summed E-state index contributed by atoms with van der Waals surface area (Å²) in [6, 6.07) is 15.3. The van der Waals surface area contributed by atoms with Gasteiger partial charge in [0, 0.05) is 12.0 Å². The monoisotopic (exact) mass is 621 g/mol. The van der Waals surface area contributed by atoms with Gasteiger partial charge in [-0.05, 0) is 97.2 Å². The highest BCUT2D eigenvalue weighted by molar-refractivity contribution is 6.34. The lowest BCUT2D eigenvalue weighted by Gasteiger charge is -2.43. The number of para-hydroxylation sites is 1. The Balaban J connectivity index is 2.17. The van der Waals surface area contributed by atoms with Crippen LogP contribution in [0.1, 0.15) is 75.4 Å². The molecule has 0 bridgehead atoms. The third kappa shape index (κ3) is 9.23. The first kappa shape index (κ1) is 34.5. The molecule has 0 aliphatic heterocycles. The van der Waals surface area contributed by atoms with Crippen molar-refractivity contribution in [3.63, 3.8) is 0 Å². The maximum atomic E-state index is 14.7. The molecule has 44 heavy (non-hydrogen) atoms. The summed E-state index contributed by atoms with van der Waals surface area (Å²) >= 11 is 6.49.